The quantitative estimate of drug-likeness (QED) is 0.645. The van der Waals surface area contributed by atoms with Crippen LogP contribution in [0.2, 0.25) is 0 Å². The van der Waals surface area contributed by atoms with E-state index in [9.17, 15) is 18.0 Å². The van der Waals surface area contributed by atoms with Crippen molar-refractivity contribution in [1.29, 1.82) is 0 Å². The number of amides is 1. The molecular weight excluding hydrogens is 324 g/mol. The van der Waals surface area contributed by atoms with E-state index < -0.39 is 27.9 Å². The van der Waals surface area contributed by atoms with Crippen molar-refractivity contribution in [2.24, 2.45) is 5.14 Å². The summed E-state index contributed by atoms with van der Waals surface area (Å²) in [5.41, 5.74) is 1.03. The summed E-state index contributed by atoms with van der Waals surface area (Å²) < 4.78 is 28.0. The van der Waals surface area contributed by atoms with Crippen LogP contribution in [0.15, 0.2) is 17.0 Å². The number of aryl methyl sites for hydroxylation is 1. The van der Waals surface area contributed by atoms with E-state index in [1.54, 1.807) is 13.8 Å². The van der Waals surface area contributed by atoms with E-state index in [-0.39, 0.29) is 23.5 Å². The van der Waals surface area contributed by atoms with E-state index >= 15 is 0 Å². The van der Waals surface area contributed by atoms with Gasteiger partial charge in [-0.15, -0.1) is 0 Å². The van der Waals surface area contributed by atoms with Crippen LogP contribution in [0.5, 0.6) is 0 Å². The van der Waals surface area contributed by atoms with Crippen molar-refractivity contribution >= 4 is 21.9 Å². The summed E-state index contributed by atoms with van der Waals surface area (Å²) in [6.45, 7) is 3.38. The summed E-state index contributed by atoms with van der Waals surface area (Å²) in [7, 11) is -2.57. The first-order valence-corrected chi connectivity index (χ1v) is 8.29. The molecule has 0 aliphatic carbocycles. The van der Waals surface area contributed by atoms with Crippen molar-refractivity contribution in [2.45, 2.75) is 31.2 Å². The molecule has 23 heavy (non-hydrogen) atoms. The number of carboxylic acid groups (broad SMARTS) is 1. The van der Waals surface area contributed by atoms with Crippen LogP contribution in [0.4, 0.5) is 0 Å². The number of carbonyl (C=O) groups is 2. The molecule has 1 aromatic carbocycles. The number of rotatable bonds is 7. The molecule has 0 aromatic heterocycles. The van der Waals surface area contributed by atoms with E-state index in [2.05, 4.69) is 5.32 Å². The summed E-state index contributed by atoms with van der Waals surface area (Å²) in [4.78, 5) is 23.2. The lowest BCUT2D eigenvalue weighted by Crippen LogP contribution is -2.41. The fourth-order valence-electron chi connectivity index (χ4n) is 1.99. The van der Waals surface area contributed by atoms with E-state index in [0.29, 0.717) is 11.1 Å². The average Bonchev–Trinajstić information content (AvgIpc) is 2.44. The van der Waals surface area contributed by atoms with Gasteiger partial charge in [-0.05, 0) is 37.1 Å². The summed E-state index contributed by atoms with van der Waals surface area (Å²) in [5, 5.41) is 16.6. The highest BCUT2D eigenvalue weighted by molar-refractivity contribution is 7.89. The topological polar surface area (TPSA) is 136 Å². The van der Waals surface area contributed by atoms with Crippen LogP contribution in [0.1, 0.15) is 27.9 Å². The number of nitrogens with one attached hydrogen (secondary N) is 1. The Morgan fingerprint density at radius 3 is 2.43 bits per heavy atom. The molecular formula is C14H20N2O6S. The number of carboxylic acids is 1. The first kappa shape index (κ1) is 19.1. The second-order valence-electron chi connectivity index (χ2n) is 5.11. The van der Waals surface area contributed by atoms with Crippen LogP contribution in [0.25, 0.3) is 0 Å². The molecule has 4 N–H and O–H groups in total. The molecule has 0 heterocycles. The minimum absolute atomic E-state index is 0.0285. The normalized spacial score (nSPS) is 12.7. The maximum atomic E-state index is 12.2. The molecule has 1 amide bonds. The summed E-state index contributed by atoms with van der Waals surface area (Å²) >= 11 is 0. The number of ether oxygens (including phenoxy) is 1. The van der Waals surface area contributed by atoms with Crippen molar-refractivity contribution < 1.29 is 27.9 Å². The Bertz CT molecular complexity index is 714. The zero-order valence-electron chi connectivity index (χ0n) is 13.1. The van der Waals surface area contributed by atoms with Crippen LogP contribution >= 0.6 is 0 Å². The standard InChI is InChI=1S/C14H20N2O6S/c1-8-6-10(7-12(9(8)2)23(15,20)21)13(17)16-11(14(18)19)4-5-22-3/h6-7,11H,4-5H2,1-3H3,(H,16,17)(H,18,19)(H2,15,20,21). The molecule has 9 heteroatoms. The maximum Gasteiger partial charge on any atom is 0.326 e. The SMILES string of the molecule is COCCC(NC(=O)c1cc(C)c(C)c(S(N)(=O)=O)c1)C(=O)O. The van der Waals surface area contributed by atoms with Gasteiger partial charge in [-0.1, -0.05) is 0 Å². The summed E-state index contributed by atoms with van der Waals surface area (Å²) in [6, 6.07) is 1.48. The predicted octanol–water partition coefficient (Wildman–Crippen LogP) is 0.170. The molecule has 0 radical (unpaired) electrons. The van der Waals surface area contributed by atoms with Gasteiger partial charge in [-0.3, -0.25) is 4.79 Å². The highest BCUT2D eigenvalue weighted by atomic mass is 32.2. The summed E-state index contributed by atoms with van der Waals surface area (Å²) in [6.07, 6.45) is 0.0878. The van der Waals surface area contributed by atoms with Crippen molar-refractivity contribution in [1.82, 2.24) is 5.32 Å². The van der Waals surface area contributed by atoms with Gasteiger partial charge in [0.05, 0.1) is 4.90 Å². The Labute approximate surface area is 134 Å². The highest BCUT2D eigenvalue weighted by Crippen LogP contribution is 2.20. The second-order valence-corrected chi connectivity index (χ2v) is 6.64. The summed E-state index contributed by atoms with van der Waals surface area (Å²) in [5.74, 6) is -1.90. The number of sulfonamides is 1. The molecule has 0 aliphatic rings. The van der Waals surface area contributed by atoms with Crippen LogP contribution in [0.3, 0.4) is 0 Å². The Morgan fingerprint density at radius 1 is 1.35 bits per heavy atom. The molecule has 1 unspecified atom stereocenters. The van der Waals surface area contributed by atoms with Gasteiger partial charge in [0, 0.05) is 25.7 Å². The molecule has 1 atom stereocenters. The molecule has 0 saturated heterocycles. The number of aliphatic carboxylic acids is 1. The van der Waals surface area contributed by atoms with Crippen molar-refractivity contribution in [3.8, 4) is 0 Å². The molecule has 128 valence electrons. The van der Waals surface area contributed by atoms with Gasteiger partial charge in [0.25, 0.3) is 5.91 Å². The molecule has 1 aromatic rings. The zero-order chi connectivity index (χ0) is 17.8. The van der Waals surface area contributed by atoms with Gasteiger partial charge in [0.15, 0.2) is 0 Å². The molecule has 1 rings (SSSR count). The number of carbonyl (C=O) groups excluding carboxylic acids is 1. The third kappa shape index (κ3) is 5.02. The number of primary sulfonamides is 1. The minimum Gasteiger partial charge on any atom is -0.480 e. The maximum absolute atomic E-state index is 12.2. The minimum atomic E-state index is -3.99. The fraction of sp³-hybridized carbons (Fsp3) is 0.429. The van der Waals surface area contributed by atoms with Crippen LogP contribution in [-0.4, -0.2) is 45.2 Å². The highest BCUT2D eigenvalue weighted by Gasteiger charge is 2.22. The Morgan fingerprint density at radius 2 is 1.96 bits per heavy atom. The molecule has 0 saturated carbocycles. The zero-order valence-corrected chi connectivity index (χ0v) is 13.9. The number of hydrogen-bond donors (Lipinski definition) is 3. The average molecular weight is 344 g/mol. The van der Waals surface area contributed by atoms with Gasteiger partial charge in [0.1, 0.15) is 6.04 Å². The lowest BCUT2D eigenvalue weighted by molar-refractivity contribution is -0.139. The van der Waals surface area contributed by atoms with Gasteiger partial charge >= 0.3 is 5.97 Å². The molecule has 0 aliphatic heterocycles. The van der Waals surface area contributed by atoms with Crippen molar-refractivity contribution in [3.05, 3.63) is 28.8 Å². The van der Waals surface area contributed by atoms with Crippen LogP contribution in [0, 0.1) is 13.8 Å². The van der Waals surface area contributed by atoms with Gasteiger partial charge < -0.3 is 15.2 Å². The van der Waals surface area contributed by atoms with Crippen LogP contribution in [-0.2, 0) is 19.6 Å². The van der Waals surface area contributed by atoms with Gasteiger partial charge in [-0.25, -0.2) is 18.4 Å². The smallest absolute Gasteiger partial charge is 0.326 e. The van der Waals surface area contributed by atoms with Gasteiger partial charge in [0.2, 0.25) is 10.0 Å². The van der Waals surface area contributed by atoms with E-state index in [0.717, 1.165) is 6.07 Å². The third-order valence-corrected chi connectivity index (χ3v) is 4.44. The second kappa shape index (κ2) is 7.53. The van der Waals surface area contributed by atoms with E-state index in [4.69, 9.17) is 15.0 Å². The first-order valence-electron chi connectivity index (χ1n) is 6.74. The van der Waals surface area contributed by atoms with Crippen molar-refractivity contribution in [3.63, 3.8) is 0 Å². The number of benzene rings is 1. The number of methoxy groups -OCH3 is 1. The Balaban J connectivity index is 3.13. The molecule has 0 bridgehead atoms. The van der Waals surface area contributed by atoms with E-state index in [1.807, 2.05) is 0 Å². The lowest BCUT2D eigenvalue weighted by Gasteiger charge is -2.15. The lowest BCUT2D eigenvalue weighted by atomic mass is 10.1. The predicted molar refractivity (Wildman–Crippen MR) is 82.7 cm³/mol. The first-order chi connectivity index (χ1) is 10.6. The Kier molecular flexibility index (Phi) is 6.25. The third-order valence-electron chi connectivity index (χ3n) is 3.40. The van der Waals surface area contributed by atoms with Crippen LogP contribution < -0.4 is 10.5 Å². The number of hydrogen-bond acceptors (Lipinski definition) is 5. The van der Waals surface area contributed by atoms with Crippen molar-refractivity contribution in [2.75, 3.05) is 13.7 Å². The monoisotopic (exact) mass is 344 g/mol. The molecule has 0 spiro atoms. The van der Waals surface area contributed by atoms with E-state index in [1.165, 1.54) is 13.2 Å². The van der Waals surface area contributed by atoms with Gasteiger partial charge in [-0.2, -0.15) is 0 Å². The molecule has 8 nitrogen and oxygen atoms in total. The number of nitrogens with two attached hydrogens (primary N) is 1. The fourth-order valence-corrected chi connectivity index (χ4v) is 2.87. The largest absolute Gasteiger partial charge is 0.480 e. The molecule has 0 fully saturated rings. The Hall–Kier alpha value is -1.97.